The van der Waals surface area contributed by atoms with E-state index in [0.29, 0.717) is 5.56 Å². The number of aliphatic hydroxyl groups excluding tert-OH is 7. The van der Waals surface area contributed by atoms with Crippen LogP contribution in [0.1, 0.15) is 89.9 Å². The van der Waals surface area contributed by atoms with Crippen molar-refractivity contribution in [1.29, 1.82) is 10.5 Å². The summed E-state index contributed by atoms with van der Waals surface area (Å²) >= 11 is 3.30. The molecule has 0 fully saturated rings. The Morgan fingerprint density at radius 2 is 0.725 bits per heavy atom. The minimum absolute atomic E-state index is 0.0421. The van der Waals surface area contributed by atoms with Crippen molar-refractivity contribution >= 4 is 64.3 Å². The van der Waals surface area contributed by atoms with Gasteiger partial charge in [-0.25, -0.2) is 66.4 Å². The van der Waals surface area contributed by atoms with Crippen LogP contribution < -0.4 is 37.2 Å². The molecule has 0 saturated carbocycles. The largest absolute Gasteiger partial charge is 0.445 e. The van der Waals surface area contributed by atoms with Crippen LogP contribution in [0.5, 0.6) is 0 Å². The highest BCUT2D eigenvalue weighted by Gasteiger charge is 2.26. The summed E-state index contributed by atoms with van der Waals surface area (Å²) in [6.45, 7) is 39.0. The molecule has 8 atom stereocenters. The van der Waals surface area contributed by atoms with Gasteiger partial charge in [0, 0.05) is 33.3 Å². The summed E-state index contributed by atoms with van der Waals surface area (Å²) in [7, 11) is 0. The third kappa shape index (κ3) is 46.5. The number of ether oxygens (including phenoxy) is 7. The molecule has 0 aliphatic carbocycles. The number of nitro groups is 1. The van der Waals surface area contributed by atoms with Gasteiger partial charge in [-0.3, -0.25) is 47.3 Å². The van der Waals surface area contributed by atoms with Crippen LogP contribution in [0.15, 0.2) is 132 Å². The highest BCUT2D eigenvalue weighted by molar-refractivity contribution is 9.10. The van der Waals surface area contributed by atoms with E-state index in [1.165, 1.54) is 31.2 Å². The molecule has 0 radical (unpaired) electrons. The zero-order valence-corrected chi connectivity index (χ0v) is 61.1. The van der Waals surface area contributed by atoms with Crippen molar-refractivity contribution in [2.45, 2.75) is 83.1 Å². The van der Waals surface area contributed by atoms with Gasteiger partial charge in [0.1, 0.15) is 71.2 Å². The number of nitrogens with zero attached hydrogens (tertiary/aromatic N) is 8. The molecular formula is C70H84BrN15O23. The molecule has 584 valence electrons. The molecular weight excluding hydrogens is 1500 g/mol. The summed E-state index contributed by atoms with van der Waals surface area (Å²) in [6.07, 6.45) is -8.85. The molecule has 0 heterocycles. The third-order valence-corrected chi connectivity index (χ3v) is 13.3. The lowest BCUT2D eigenvalue weighted by molar-refractivity contribution is -0.384. The number of benzene rings is 5. The molecule has 7 amide bonds. The summed E-state index contributed by atoms with van der Waals surface area (Å²) < 4.78 is 34.9. The lowest BCUT2D eigenvalue weighted by Gasteiger charge is -2.18. The molecule has 0 spiro atoms. The number of rotatable bonds is 27. The van der Waals surface area contributed by atoms with Crippen LogP contribution in [0.4, 0.5) is 39.2 Å². The average Bonchev–Trinajstić information content (AvgIpc) is 0.867. The van der Waals surface area contributed by atoms with E-state index in [9.17, 15) is 43.7 Å². The molecule has 0 saturated heterocycles. The topological polar surface area (TPSA) is 522 Å². The Labute approximate surface area is 636 Å². The second-order valence-corrected chi connectivity index (χ2v) is 21.6. The summed E-state index contributed by atoms with van der Waals surface area (Å²) in [6, 6.07) is 40.6. The molecule has 0 bridgehead atoms. The minimum atomic E-state index is -0.845. The number of halogens is 1. The van der Waals surface area contributed by atoms with Gasteiger partial charge in [0.2, 0.25) is 24.9 Å². The maximum Gasteiger partial charge on any atom is 0.409 e. The number of aliphatic hydroxyl groups is 7. The molecule has 5 aromatic rings. The standard InChI is InChI=1S/C13H16N2O3.C12H13N3O5.C12H14N2O3.C11H11BrN2O3.C11H12N2O3.C6H10N2O3.C5H8N2O3/c1-9-3-5-11(6-4-9)12(7-14)10(2)18-13(17)15-8-16;1-8(20-12(17)14-7-16)11(6-13)9-2-4-10(5-3-9)15(18)19;1-9-3-5-10(6-4-9)11(7-13-2)17-12(16)14-8-15;1-13-6-10(17-11(16)14-7-15)8-2-4-9(12)5-3-8;1-12-7-10(16-11(15)13-8-14)9-5-3-2-4-6-9;1-5(3-7-2)11-6(10)8-4-9;1-6-2-3-10-5(9)7-4-8/h3-6,10,12,16H,8H2,1-2H3,(H,15,17);2-5,8,11,16H,7H2,1H3,(H,14,17);3-6,11,15H,7-8H2,1H3,(H,14,16);2-5,10,15H,6-7H2,(H,14,16);2-6,10,14H,7-8H2,(H,13,15);5,9H,3-4H2,1H3,(H,8,10);8H,2-4H2,(H,7,9). The number of hydrogen-bond donors (Lipinski definition) is 14. The Morgan fingerprint density at radius 1 is 0.431 bits per heavy atom. The monoisotopic (exact) mass is 1580 g/mol. The zero-order chi connectivity index (χ0) is 82.3. The molecule has 5 rings (SSSR count). The van der Waals surface area contributed by atoms with E-state index in [-0.39, 0.29) is 45.0 Å². The van der Waals surface area contributed by atoms with Crippen LogP contribution >= 0.6 is 15.9 Å². The first-order chi connectivity index (χ1) is 52.2. The van der Waals surface area contributed by atoms with E-state index < -0.39 is 143 Å². The van der Waals surface area contributed by atoms with Gasteiger partial charge in [0.15, 0.2) is 12.7 Å². The van der Waals surface area contributed by atoms with Gasteiger partial charge in [-0.15, -0.1) is 0 Å². The Kier molecular flexibility index (Phi) is 55.2. The Hall–Kier alpha value is -13.0. The van der Waals surface area contributed by atoms with Crippen molar-refractivity contribution in [2.24, 2.45) is 0 Å². The van der Waals surface area contributed by atoms with Gasteiger partial charge in [0.25, 0.3) is 31.9 Å². The van der Waals surface area contributed by atoms with Crippen molar-refractivity contribution in [3.8, 4) is 12.1 Å². The molecule has 0 aliphatic heterocycles. The molecule has 0 aliphatic rings. The molecule has 109 heavy (non-hydrogen) atoms. The van der Waals surface area contributed by atoms with Gasteiger partial charge in [0.05, 0.1) is 17.1 Å². The molecule has 39 heteroatoms. The summed E-state index contributed by atoms with van der Waals surface area (Å²) in [4.78, 5) is 102. The third-order valence-electron chi connectivity index (χ3n) is 12.7. The number of non-ortho nitro benzene ring substituents is 1. The van der Waals surface area contributed by atoms with Crippen LogP contribution in [0.25, 0.3) is 24.2 Å². The van der Waals surface area contributed by atoms with Crippen molar-refractivity contribution in [1.82, 2.24) is 37.2 Å². The Balaban J connectivity index is 0. The van der Waals surface area contributed by atoms with E-state index in [1.807, 2.05) is 90.5 Å². The van der Waals surface area contributed by atoms with Crippen LogP contribution in [0, 0.1) is 79.5 Å². The second-order valence-electron chi connectivity index (χ2n) is 20.7. The summed E-state index contributed by atoms with van der Waals surface area (Å²) in [5.41, 5.74) is 5.66. The Bertz CT molecular complexity index is 3730. The molecule has 5 aromatic carbocycles. The summed E-state index contributed by atoms with van der Waals surface area (Å²) in [5.74, 6) is -1.30. The van der Waals surface area contributed by atoms with Crippen molar-refractivity contribution < 1.29 is 107 Å². The van der Waals surface area contributed by atoms with E-state index in [2.05, 4.69) is 77.0 Å². The quantitative estimate of drug-likeness (QED) is 0.00603. The van der Waals surface area contributed by atoms with Crippen molar-refractivity contribution in [3.63, 3.8) is 0 Å². The lowest BCUT2D eigenvalue weighted by atomic mass is 9.95. The number of aryl methyl sites for hydroxylation is 2. The number of nitro benzene ring substituents is 1. The fraction of sp³-hybridized carbons (Fsp3) is 0.371. The first-order valence-electron chi connectivity index (χ1n) is 31.7. The van der Waals surface area contributed by atoms with Gasteiger partial charge in [-0.05, 0) is 57.9 Å². The highest BCUT2D eigenvalue weighted by Crippen LogP contribution is 2.26. The number of hydrogen-bond acceptors (Lipinski definition) is 25. The maximum absolute atomic E-state index is 11.2. The number of nitrogens with one attached hydrogen (secondary N) is 7. The molecule has 8 unspecified atom stereocenters. The first kappa shape index (κ1) is 98.1. The van der Waals surface area contributed by atoms with Crippen LogP contribution in [0.3, 0.4) is 0 Å². The van der Waals surface area contributed by atoms with E-state index in [0.717, 1.165) is 37.9 Å². The van der Waals surface area contributed by atoms with E-state index in [4.69, 9.17) is 103 Å². The Morgan fingerprint density at radius 3 is 1.04 bits per heavy atom. The van der Waals surface area contributed by atoms with Crippen molar-refractivity contribution in [3.05, 3.63) is 238 Å². The van der Waals surface area contributed by atoms with Crippen molar-refractivity contribution in [2.75, 3.05) is 86.4 Å². The number of alkyl carbamates (subject to hydrolysis) is 7. The number of carbonyl (C=O) groups is 7. The molecule has 14 N–H and O–H groups in total. The smallest absolute Gasteiger partial charge is 0.409 e. The highest BCUT2D eigenvalue weighted by atomic mass is 79.9. The number of nitriles is 2. The van der Waals surface area contributed by atoms with E-state index in [1.54, 1.807) is 62.4 Å². The van der Waals surface area contributed by atoms with Gasteiger partial charge >= 0.3 is 42.7 Å². The second kappa shape index (κ2) is 61.3. The predicted octanol–water partition coefficient (Wildman–Crippen LogP) is 7.52. The normalized spacial score (nSPS) is 11.6. The lowest BCUT2D eigenvalue weighted by Crippen LogP contribution is -2.30. The number of carbonyl (C=O) groups excluding carboxylic acids is 7. The van der Waals surface area contributed by atoms with Gasteiger partial charge in [-0.2, -0.15) is 10.5 Å². The molecule has 38 nitrogen and oxygen atoms in total. The fourth-order valence-electron chi connectivity index (χ4n) is 7.63. The number of amides is 7. The predicted molar refractivity (Wildman–Crippen MR) is 388 cm³/mol. The van der Waals surface area contributed by atoms with Gasteiger partial charge in [-0.1, -0.05) is 130 Å². The van der Waals surface area contributed by atoms with Crippen LogP contribution in [-0.2, 0) is 33.2 Å². The first-order valence-corrected chi connectivity index (χ1v) is 32.5. The van der Waals surface area contributed by atoms with Crippen LogP contribution in [-0.4, -0.2) is 188 Å². The SMILES string of the molecule is CC(OC(=O)NCO)C(C#N)c1ccc([N+](=O)[O-])cc1.Cc1ccc(C(C#N)C(C)OC(=O)NCO)cc1.[C-]#[N+]CC(C)OC(=O)NCO.[C-]#[N+]CC(OC(=O)NCO)c1ccc(Br)cc1.[C-]#[N+]CC(OC(=O)NCO)c1ccc(C)cc1.[C-]#[N+]CC(OC(=O)NCO)c1ccccc1.[C-]#[N+]CCOC(=O)NCO. The van der Waals surface area contributed by atoms with E-state index >= 15 is 0 Å². The van der Waals surface area contributed by atoms with Gasteiger partial charge < -0.3 is 93.1 Å². The maximum atomic E-state index is 11.2. The average molecular weight is 1580 g/mol. The molecule has 0 aromatic heterocycles. The fourth-order valence-corrected chi connectivity index (χ4v) is 7.90. The van der Waals surface area contributed by atoms with Crippen LogP contribution in [0.2, 0.25) is 0 Å². The minimum Gasteiger partial charge on any atom is -0.445 e. The zero-order valence-electron chi connectivity index (χ0n) is 59.6. The summed E-state index contributed by atoms with van der Waals surface area (Å²) in [5, 5.41) is 102.